The molecule has 2 heterocycles. The summed E-state index contributed by atoms with van der Waals surface area (Å²) >= 11 is 0. The standard InChI is InChI=1S/C19H23N3O/c1-3-15-5-8-16(9-6-15)18-13-20-10-11-22(18)19(23)17-7-4-14(2)21-12-17/h4-9,12,18,20H,3,10-11,13H2,1-2H3. The molecule has 0 aliphatic carbocycles. The Morgan fingerprint density at radius 3 is 2.70 bits per heavy atom. The van der Waals surface area contributed by atoms with Crippen molar-refractivity contribution >= 4 is 5.91 Å². The first kappa shape index (κ1) is 15.7. The number of aromatic nitrogens is 1. The number of benzene rings is 1. The van der Waals surface area contributed by atoms with Crippen molar-refractivity contribution in [3.05, 3.63) is 65.0 Å². The Bertz CT molecular complexity index is 664. The number of hydrogen-bond donors (Lipinski definition) is 1. The summed E-state index contributed by atoms with van der Waals surface area (Å²) < 4.78 is 0. The maximum atomic E-state index is 12.9. The van der Waals surface area contributed by atoms with Crippen molar-refractivity contribution in [1.82, 2.24) is 15.2 Å². The van der Waals surface area contributed by atoms with Crippen LogP contribution >= 0.6 is 0 Å². The van der Waals surface area contributed by atoms with E-state index < -0.39 is 0 Å². The van der Waals surface area contributed by atoms with E-state index in [2.05, 4.69) is 41.5 Å². The fourth-order valence-electron chi connectivity index (χ4n) is 2.98. The van der Waals surface area contributed by atoms with E-state index in [0.29, 0.717) is 12.1 Å². The van der Waals surface area contributed by atoms with Gasteiger partial charge in [-0.3, -0.25) is 9.78 Å². The molecule has 1 fully saturated rings. The predicted octanol–water partition coefficient (Wildman–Crippen LogP) is 2.74. The van der Waals surface area contributed by atoms with Gasteiger partial charge in [-0.2, -0.15) is 0 Å². The van der Waals surface area contributed by atoms with E-state index >= 15 is 0 Å². The number of aryl methyl sites for hydroxylation is 2. The second-order valence-corrected chi connectivity index (χ2v) is 6.00. The maximum absolute atomic E-state index is 12.9. The summed E-state index contributed by atoms with van der Waals surface area (Å²) in [7, 11) is 0. The van der Waals surface area contributed by atoms with E-state index in [0.717, 1.165) is 25.2 Å². The van der Waals surface area contributed by atoms with Crippen LogP contribution in [0, 0.1) is 6.92 Å². The van der Waals surface area contributed by atoms with E-state index in [-0.39, 0.29) is 11.9 Å². The van der Waals surface area contributed by atoms with Gasteiger partial charge in [-0.1, -0.05) is 31.2 Å². The molecule has 0 bridgehead atoms. The Balaban J connectivity index is 1.85. The number of pyridine rings is 1. The lowest BCUT2D eigenvalue weighted by molar-refractivity contribution is 0.0634. The van der Waals surface area contributed by atoms with E-state index in [4.69, 9.17) is 0 Å². The molecule has 1 aromatic heterocycles. The Kier molecular flexibility index (Phi) is 4.72. The van der Waals surface area contributed by atoms with Crippen molar-refractivity contribution < 1.29 is 4.79 Å². The van der Waals surface area contributed by atoms with Crippen molar-refractivity contribution in [3.8, 4) is 0 Å². The van der Waals surface area contributed by atoms with Crippen molar-refractivity contribution in [2.45, 2.75) is 26.3 Å². The third-order valence-electron chi connectivity index (χ3n) is 4.44. The average Bonchev–Trinajstić information content (AvgIpc) is 2.62. The monoisotopic (exact) mass is 309 g/mol. The summed E-state index contributed by atoms with van der Waals surface area (Å²) in [6, 6.07) is 12.4. The number of amides is 1. The van der Waals surface area contributed by atoms with Crippen LogP contribution in [0.2, 0.25) is 0 Å². The summed E-state index contributed by atoms with van der Waals surface area (Å²) in [4.78, 5) is 19.1. The van der Waals surface area contributed by atoms with Crippen LogP contribution in [0.3, 0.4) is 0 Å². The van der Waals surface area contributed by atoms with E-state index in [1.54, 1.807) is 6.20 Å². The third kappa shape index (κ3) is 3.42. The minimum Gasteiger partial charge on any atom is -0.329 e. The van der Waals surface area contributed by atoms with Crippen molar-refractivity contribution in [3.63, 3.8) is 0 Å². The van der Waals surface area contributed by atoms with Crippen molar-refractivity contribution in [1.29, 1.82) is 0 Å². The van der Waals surface area contributed by atoms with Gasteiger partial charge in [0, 0.05) is 31.5 Å². The number of carbonyl (C=O) groups excluding carboxylic acids is 1. The third-order valence-corrected chi connectivity index (χ3v) is 4.44. The summed E-state index contributed by atoms with van der Waals surface area (Å²) in [5, 5.41) is 3.40. The summed E-state index contributed by atoms with van der Waals surface area (Å²) in [5.41, 5.74) is 4.09. The Morgan fingerprint density at radius 2 is 2.04 bits per heavy atom. The number of rotatable bonds is 3. The first-order valence-electron chi connectivity index (χ1n) is 8.22. The van der Waals surface area contributed by atoms with Gasteiger partial charge in [0.05, 0.1) is 11.6 Å². The zero-order chi connectivity index (χ0) is 16.2. The number of piperazine rings is 1. The topological polar surface area (TPSA) is 45.2 Å². The van der Waals surface area contributed by atoms with Crippen molar-refractivity contribution in [2.24, 2.45) is 0 Å². The molecule has 23 heavy (non-hydrogen) atoms. The highest BCUT2D eigenvalue weighted by Gasteiger charge is 2.28. The highest BCUT2D eigenvalue weighted by atomic mass is 16.2. The SMILES string of the molecule is CCc1ccc(C2CNCCN2C(=O)c2ccc(C)nc2)cc1. The highest BCUT2D eigenvalue weighted by molar-refractivity contribution is 5.94. The van der Waals surface area contributed by atoms with Crippen LogP contribution in [0.4, 0.5) is 0 Å². The number of nitrogens with one attached hydrogen (secondary N) is 1. The van der Waals surface area contributed by atoms with Gasteiger partial charge >= 0.3 is 0 Å². The van der Waals surface area contributed by atoms with Gasteiger partial charge in [0.15, 0.2) is 0 Å². The number of hydrogen-bond acceptors (Lipinski definition) is 3. The molecule has 1 aromatic carbocycles. The zero-order valence-electron chi connectivity index (χ0n) is 13.7. The number of nitrogens with zero attached hydrogens (tertiary/aromatic N) is 2. The van der Waals surface area contributed by atoms with Crippen LogP contribution in [0.15, 0.2) is 42.6 Å². The quantitative estimate of drug-likeness (QED) is 0.948. The summed E-state index contributed by atoms with van der Waals surface area (Å²) in [6.07, 6.45) is 2.71. The first-order valence-corrected chi connectivity index (χ1v) is 8.22. The van der Waals surface area contributed by atoms with Gasteiger partial charge in [-0.15, -0.1) is 0 Å². The van der Waals surface area contributed by atoms with E-state index in [9.17, 15) is 4.79 Å². The summed E-state index contributed by atoms with van der Waals surface area (Å²) in [5.74, 6) is 0.0589. The van der Waals surface area contributed by atoms with Crippen LogP contribution in [0.1, 0.15) is 40.1 Å². The lowest BCUT2D eigenvalue weighted by atomic mass is 10.00. The van der Waals surface area contributed by atoms with Crippen molar-refractivity contribution in [2.75, 3.05) is 19.6 Å². The summed E-state index contributed by atoms with van der Waals surface area (Å²) in [6.45, 7) is 6.41. The largest absolute Gasteiger partial charge is 0.329 e. The molecule has 3 rings (SSSR count). The fourth-order valence-corrected chi connectivity index (χ4v) is 2.98. The molecule has 1 amide bonds. The van der Waals surface area contributed by atoms with Crippen LogP contribution in [-0.4, -0.2) is 35.4 Å². The molecule has 2 aromatic rings. The maximum Gasteiger partial charge on any atom is 0.256 e. The molecule has 1 aliphatic heterocycles. The predicted molar refractivity (Wildman–Crippen MR) is 91.4 cm³/mol. The normalized spacial score (nSPS) is 18.0. The molecule has 4 nitrogen and oxygen atoms in total. The molecule has 1 aliphatic rings. The second-order valence-electron chi connectivity index (χ2n) is 6.00. The molecule has 1 saturated heterocycles. The Hall–Kier alpha value is -2.20. The molecular weight excluding hydrogens is 286 g/mol. The first-order chi connectivity index (χ1) is 11.2. The zero-order valence-corrected chi connectivity index (χ0v) is 13.7. The minimum atomic E-state index is 0.0589. The van der Waals surface area contributed by atoms with Crippen LogP contribution in [-0.2, 0) is 6.42 Å². The molecule has 4 heteroatoms. The van der Waals surface area contributed by atoms with Gasteiger partial charge in [0.2, 0.25) is 0 Å². The molecule has 1 unspecified atom stereocenters. The van der Waals surface area contributed by atoms with Crippen LogP contribution in [0.25, 0.3) is 0 Å². The smallest absolute Gasteiger partial charge is 0.256 e. The molecule has 1 atom stereocenters. The van der Waals surface area contributed by atoms with Crippen LogP contribution < -0.4 is 5.32 Å². The molecule has 0 saturated carbocycles. The Morgan fingerprint density at radius 1 is 1.26 bits per heavy atom. The fraction of sp³-hybridized carbons (Fsp3) is 0.368. The lowest BCUT2D eigenvalue weighted by Gasteiger charge is -2.36. The molecule has 0 radical (unpaired) electrons. The molecule has 0 spiro atoms. The van der Waals surface area contributed by atoms with Gasteiger partial charge < -0.3 is 10.2 Å². The van der Waals surface area contributed by atoms with Gasteiger partial charge in [-0.05, 0) is 36.6 Å². The van der Waals surface area contributed by atoms with Gasteiger partial charge in [-0.25, -0.2) is 0 Å². The van der Waals surface area contributed by atoms with E-state index in [1.165, 1.54) is 11.1 Å². The van der Waals surface area contributed by atoms with E-state index in [1.807, 2.05) is 24.0 Å². The minimum absolute atomic E-state index is 0.0589. The van der Waals surface area contributed by atoms with Gasteiger partial charge in [0.1, 0.15) is 0 Å². The van der Waals surface area contributed by atoms with Crippen LogP contribution in [0.5, 0.6) is 0 Å². The average molecular weight is 309 g/mol. The second kappa shape index (κ2) is 6.92. The van der Waals surface area contributed by atoms with Gasteiger partial charge in [0.25, 0.3) is 5.91 Å². The molecule has 1 N–H and O–H groups in total. The molecular formula is C19H23N3O. The number of carbonyl (C=O) groups is 1. The lowest BCUT2D eigenvalue weighted by Crippen LogP contribution is -2.48. The Labute approximate surface area is 137 Å². The molecule has 120 valence electrons. The highest BCUT2D eigenvalue weighted by Crippen LogP contribution is 2.24.